The molecule has 3 nitrogen and oxygen atoms in total. The van der Waals surface area contributed by atoms with Gasteiger partial charge in [0.25, 0.3) is 0 Å². The van der Waals surface area contributed by atoms with Crippen LogP contribution in [-0.2, 0) is 11.2 Å². The molecule has 1 aliphatic carbocycles. The first-order valence-corrected chi connectivity index (χ1v) is 7.26. The maximum atomic E-state index is 11.6. The topological polar surface area (TPSA) is 39.2 Å². The number of hydrogen-bond donors (Lipinski definition) is 0. The van der Waals surface area contributed by atoms with E-state index in [1.807, 2.05) is 18.2 Å². The average molecular weight is 324 g/mol. The van der Waals surface area contributed by atoms with Crippen molar-refractivity contribution in [3.63, 3.8) is 0 Å². The first-order chi connectivity index (χ1) is 8.70. The lowest BCUT2D eigenvalue weighted by atomic mass is 10.1. The zero-order valence-corrected chi connectivity index (χ0v) is 12.1. The fourth-order valence-electron chi connectivity index (χ4n) is 2.08. The molecule has 0 saturated carbocycles. The van der Waals surface area contributed by atoms with Crippen LogP contribution >= 0.6 is 27.3 Å². The molecule has 0 saturated heterocycles. The zero-order valence-electron chi connectivity index (χ0n) is 9.70. The highest BCUT2D eigenvalue weighted by molar-refractivity contribution is 9.10. The lowest BCUT2D eigenvalue weighted by Gasteiger charge is -2.01. The van der Waals surface area contributed by atoms with Crippen molar-refractivity contribution in [2.24, 2.45) is 0 Å². The van der Waals surface area contributed by atoms with Gasteiger partial charge in [0.1, 0.15) is 0 Å². The summed E-state index contributed by atoms with van der Waals surface area (Å²) in [7, 11) is 0. The monoisotopic (exact) mass is 323 g/mol. The molecule has 0 amide bonds. The molecule has 0 radical (unpaired) electrons. The summed E-state index contributed by atoms with van der Waals surface area (Å²) in [6.45, 7) is 2.18. The van der Waals surface area contributed by atoms with Gasteiger partial charge in [-0.2, -0.15) is 0 Å². The van der Waals surface area contributed by atoms with Crippen LogP contribution in [0.3, 0.4) is 0 Å². The molecule has 0 fully saturated rings. The van der Waals surface area contributed by atoms with E-state index in [0.29, 0.717) is 11.6 Å². The van der Waals surface area contributed by atoms with Gasteiger partial charge in [-0.25, -0.2) is 9.78 Å². The fraction of sp³-hybridized carbons (Fsp3) is 0.231. The van der Waals surface area contributed by atoms with Gasteiger partial charge in [-0.15, -0.1) is 11.3 Å². The molecular formula is C13H10BrNO2S. The smallest absolute Gasteiger partial charge is 0.367 e. The Hall–Kier alpha value is -1.20. The second-order valence-electron chi connectivity index (χ2n) is 3.95. The lowest BCUT2D eigenvalue weighted by molar-refractivity contribution is 0.0526. The largest absolute Gasteiger partial charge is 0.461 e. The first-order valence-electron chi connectivity index (χ1n) is 5.65. The normalized spacial score (nSPS) is 12.1. The summed E-state index contributed by atoms with van der Waals surface area (Å²) >= 11 is 4.98. The van der Waals surface area contributed by atoms with Crippen molar-refractivity contribution in [1.82, 2.24) is 4.98 Å². The standard InChI is InChI=1S/C13H10BrNO2S/c1-2-17-13(16)12-15-11-7-4-3-5-9(14)8(7)6-10(11)18-12/h3-5H,2,6H2,1H3. The third-order valence-electron chi connectivity index (χ3n) is 2.86. The molecule has 0 atom stereocenters. The second kappa shape index (κ2) is 4.48. The van der Waals surface area contributed by atoms with E-state index in [0.717, 1.165) is 27.0 Å². The predicted molar refractivity (Wildman–Crippen MR) is 74.0 cm³/mol. The summed E-state index contributed by atoms with van der Waals surface area (Å²) < 4.78 is 6.08. The molecule has 1 aliphatic rings. The Balaban J connectivity index is 2.03. The van der Waals surface area contributed by atoms with Gasteiger partial charge in [-0.1, -0.05) is 28.1 Å². The molecular weight excluding hydrogens is 314 g/mol. The molecule has 92 valence electrons. The van der Waals surface area contributed by atoms with Crippen molar-refractivity contribution in [1.29, 1.82) is 0 Å². The number of nitrogens with zero attached hydrogens (tertiary/aromatic N) is 1. The van der Waals surface area contributed by atoms with Gasteiger partial charge in [0, 0.05) is 21.3 Å². The number of carbonyl (C=O) groups is 1. The van der Waals surface area contributed by atoms with Crippen LogP contribution in [0.15, 0.2) is 22.7 Å². The number of esters is 1. The lowest BCUT2D eigenvalue weighted by Crippen LogP contribution is -2.03. The van der Waals surface area contributed by atoms with Gasteiger partial charge in [0.15, 0.2) is 0 Å². The number of hydrogen-bond acceptors (Lipinski definition) is 4. The molecule has 3 rings (SSSR count). The number of aromatic nitrogens is 1. The maximum absolute atomic E-state index is 11.6. The number of rotatable bonds is 2. The van der Waals surface area contributed by atoms with Crippen LogP contribution in [0.4, 0.5) is 0 Å². The summed E-state index contributed by atoms with van der Waals surface area (Å²) in [5, 5.41) is 0.451. The Bertz CT molecular complexity index is 636. The summed E-state index contributed by atoms with van der Waals surface area (Å²) in [6.07, 6.45) is 0.836. The number of carbonyl (C=O) groups excluding carboxylic acids is 1. The number of thiazole rings is 1. The van der Waals surface area contributed by atoms with Crippen molar-refractivity contribution in [3.05, 3.63) is 38.1 Å². The molecule has 0 N–H and O–H groups in total. The van der Waals surface area contributed by atoms with Crippen molar-refractivity contribution in [3.8, 4) is 11.3 Å². The van der Waals surface area contributed by atoms with Gasteiger partial charge in [-0.3, -0.25) is 0 Å². The summed E-state index contributed by atoms with van der Waals surface area (Å²) in [6, 6.07) is 6.06. The van der Waals surface area contributed by atoms with E-state index < -0.39 is 0 Å². The summed E-state index contributed by atoms with van der Waals surface area (Å²) in [4.78, 5) is 17.2. The molecule has 5 heteroatoms. The highest BCUT2D eigenvalue weighted by Crippen LogP contribution is 2.42. The van der Waals surface area contributed by atoms with Crippen LogP contribution in [-0.4, -0.2) is 17.6 Å². The number of halogens is 1. The molecule has 0 spiro atoms. The Labute approximate surface area is 117 Å². The molecule has 18 heavy (non-hydrogen) atoms. The maximum Gasteiger partial charge on any atom is 0.367 e. The third kappa shape index (κ3) is 1.78. The average Bonchev–Trinajstić information content (AvgIpc) is 2.88. The van der Waals surface area contributed by atoms with Crippen molar-refractivity contribution < 1.29 is 9.53 Å². The van der Waals surface area contributed by atoms with Gasteiger partial charge in [0.05, 0.1) is 12.3 Å². The number of ether oxygens (including phenoxy) is 1. The predicted octanol–water partition coefficient (Wildman–Crippen LogP) is 3.65. The molecule has 1 heterocycles. The summed E-state index contributed by atoms with van der Waals surface area (Å²) in [5.41, 5.74) is 3.30. The van der Waals surface area contributed by atoms with Crippen molar-refractivity contribution in [2.45, 2.75) is 13.3 Å². The highest BCUT2D eigenvalue weighted by Gasteiger charge is 2.26. The van der Waals surface area contributed by atoms with Crippen LogP contribution in [0, 0.1) is 0 Å². The minimum Gasteiger partial charge on any atom is -0.461 e. The first kappa shape index (κ1) is 11.9. The van der Waals surface area contributed by atoms with Gasteiger partial charge >= 0.3 is 5.97 Å². The van der Waals surface area contributed by atoms with Gasteiger partial charge < -0.3 is 4.74 Å². The van der Waals surface area contributed by atoms with Crippen LogP contribution in [0.5, 0.6) is 0 Å². The van der Waals surface area contributed by atoms with Crippen LogP contribution in [0.25, 0.3) is 11.3 Å². The number of benzene rings is 1. The van der Waals surface area contributed by atoms with Crippen LogP contribution < -0.4 is 0 Å². The van der Waals surface area contributed by atoms with E-state index in [4.69, 9.17) is 4.74 Å². The fourth-order valence-corrected chi connectivity index (χ4v) is 3.57. The van der Waals surface area contributed by atoms with Crippen molar-refractivity contribution >= 4 is 33.2 Å². The molecule has 2 aromatic rings. The Morgan fingerprint density at radius 1 is 1.56 bits per heavy atom. The number of fused-ring (bicyclic) bond motifs is 3. The van der Waals surface area contributed by atoms with E-state index in [2.05, 4.69) is 20.9 Å². The minimum atomic E-state index is -0.326. The molecule has 0 aliphatic heterocycles. The minimum absolute atomic E-state index is 0.326. The second-order valence-corrected chi connectivity index (χ2v) is 5.89. The van der Waals surface area contributed by atoms with E-state index in [-0.39, 0.29) is 5.97 Å². The van der Waals surface area contributed by atoms with E-state index in [1.165, 1.54) is 16.9 Å². The van der Waals surface area contributed by atoms with E-state index in [9.17, 15) is 4.79 Å². The molecule has 1 aromatic carbocycles. The molecule has 1 aromatic heterocycles. The zero-order chi connectivity index (χ0) is 12.7. The van der Waals surface area contributed by atoms with Crippen molar-refractivity contribution in [2.75, 3.05) is 6.61 Å². The van der Waals surface area contributed by atoms with Gasteiger partial charge in [-0.05, 0) is 18.6 Å². The Morgan fingerprint density at radius 3 is 3.17 bits per heavy atom. The molecule has 0 bridgehead atoms. The quantitative estimate of drug-likeness (QED) is 0.676. The van der Waals surface area contributed by atoms with Crippen LogP contribution in [0.2, 0.25) is 0 Å². The Kier molecular flexibility index (Phi) is 2.95. The van der Waals surface area contributed by atoms with E-state index >= 15 is 0 Å². The summed E-state index contributed by atoms with van der Waals surface area (Å²) in [5.74, 6) is -0.326. The Morgan fingerprint density at radius 2 is 2.39 bits per heavy atom. The highest BCUT2D eigenvalue weighted by atomic mass is 79.9. The van der Waals surface area contributed by atoms with E-state index in [1.54, 1.807) is 6.92 Å². The van der Waals surface area contributed by atoms with Crippen LogP contribution in [0.1, 0.15) is 27.2 Å². The third-order valence-corrected chi connectivity index (χ3v) is 4.64. The molecule has 0 unspecified atom stereocenters. The SMILES string of the molecule is CCOC(=O)c1nc2c(s1)Cc1c(Br)cccc1-2. The van der Waals surface area contributed by atoms with Gasteiger partial charge in [0.2, 0.25) is 5.01 Å².